The van der Waals surface area contributed by atoms with Gasteiger partial charge >= 0.3 is 6.03 Å². The van der Waals surface area contributed by atoms with Crippen LogP contribution in [0.3, 0.4) is 0 Å². The second kappa shape index (κ2) is 6.57. The number of nitrogens with one attached hydrogen (secondary N) is 1. The molecule has 4 heterocycles. The van der Waals surface area contributed by atoms with Crippen LogP contribution in [-0.2, 0) is 4.79 Å². The van der Waals surface area contributed by atoms with Gasteiger partial charge in [0.05, 0.1) is 6.20 Å². The predicted octanol–water partition coefficient (Wildman–Crippen LogP) is 1.48. The van der Waals surface area contributed by atoms with Crippen molar-refractivity contribution in [3.05, 3.63) is 24.0 Å². The third-order valence-electron chi connectivity index (χ3n) is 5.68. The largest absolute Gasteiger partial charge is 0.337 e. The summed E-state index contributed by atoms with van der Waals surface area (Å²) in [6.07, 6.45) is 2.53. The van der Waals surface area contributed by atoms with Crippen molar-refractivity contribution < 1.29 is 14.4 Å². The number of pyridine rings is 1. The number of rotatable bonds is 3. The molecule has 2 aliphatic heterocycles. The van der Waals surface area contributed by atoms with Crippen LogP contribution in [0.4, 0.5) is 4.79 Å². The Hall–Kier alpha value is -2.97. The minimum Gasteiger partial charge on any atom is -0.337 e. The molecule has 9 nitrogen and oxygen atoms in total. The Morgan fingerprint density at radius 1 is 1.25 bits per heavy atom. The molecule has 0 aliphatic carbocycles. The van der Waals surface area contributed by atoms with Gasteiger partial charge in [-0.3, -0.25) is 19.6 Å². The monoisotopic (exact) mass is 384 g/mol. The molecule has 4 amide bonds. The number of H-pyrrole nitrogens is 1. The maximum absolute atomic E-state index is 12.9. The van der Waals surface area contributed by atoms with Crippen LogP contribution in [0, 0.1) is 5.92 Å². The Balaban J connectivity index is 1.53. The Morgan fingerprint density at radius 2 is 1.96 bits per heavy atom. The first-order valence-electron chi connectivity index (χ1n) is 9.52. The van der Waals surface area contributed by atoms with Crippen LogP contribution in [0.25, 0.3) is 11.0 Å². The lowest BCUT2D eigenvalue weighted by atomic mass is 9.85. The molecule has 28 heavy (non-hydrogen) atoms. The summed E-state index contributed by atoms with van der Waals surface area (Å²) in [5.74, 6) is -0.0840. The van der Waals surface area contributed by atoms with Crippen molar-refractivity contribution in [3.63, 3.8) is 0 Å². The number of amides is 4. The van der Waals surface area contributed by atoms with Gasteiger partial charge in [0, 0.05) is 32.1 Å². The zero-order valence-corrected chi connectivity index (χ0v) is 16.3. The highest BCUT2D eigenvalue weighted by Gasteiger charge is 2.57. The van der Waals surface area contributed by atoms with E-state index in [1.165, 1.54) is 11.9 Å². The van der Waals surface area contributed by atoms with Crippen LogP contribution in [0.1, 0.15) is 37.2 Å². The number of piperidine rings is 1. The van der Waals surface area contributed by atoms with Crippen molar-refractivity contribution in [1.29, 1.82) is 0 Å². The van der Waals surface area contributed by atoms with E-state index >= 15 is 0 Å². The fourth-order valence-corrected chi connectivity index (χ4v) is 4.17. The van der Waals surface area contributed by atoms with Crippen molar-refractivity contribution >= 4 is 28.9 Å². The number of hydrogen-bond acceptors (Lipinski definition) is 5. The highest BCUT2D eigenvalue weighted by Crippen LogP contribution is 2.37. The van der Waals surface area contributed by atoms with E-state index in [0.717, 1.165) is 5.39 Å². The number of likely N-dealkylation sites (N-methyl/N-ethyl adjacent to an activating group) is 1. The summed E-state index contributed by atoms with van der Waals surface area (Å²) in [6, 6.07) is 3.25. The molecule has 1 spiro atoms. The smallest absolute Gasteiger partial charge is 0.327 e. The van der Waals surface area contributed by atoms with E-state index in [1.54, 1.807) is 22.1 Å². The molecule has 0 radical (unpaired) electrons. The van der Waals surface area contributed by atoms with E-state index in [0.29, 0.717) is 43.8 Å². The number of hydrogen-bond donors (Lipinski definition) is 1. The molecule has 148 valence electrons. The van der Waals surface area contributed by atoms with Crippen LogP contribution >= 0.6 is 0 Å². The van der Waals surface area contributed by atoms with E-state index in [1.807, 2.05) is 19.9 Å². The Labute approximate surface area is 162 Å². The predicted molar refractivity (Wildman–Crippen MR) is 101 cm³/mol. The molecule has 2 aromatic rings. The quantitative estimate of drug-likeness (QED) is 0.808. The van der Waals surface area contributed by atoms with E-state index in [9.17, 15) is 14.4 Å². The number of imide groups is 1. The number of carbonyl (C=O) groups is 3. The number of fused-ring (bicyclic) bond motifs is 1. The van der Waals surface area contributed by atoms with Crippen LogP contribution in [0.2, 0.25) is 0 Å². The standard InChI is InChI=1S/C19H24N6O3/c1-12(2)11-25-18(28)23(3)17(27)19(25)6-8-24(9-7-19)16(26)14-5-4-13-10-20-22-15(13)21-14/h4-5,10,12H,6-9,11H2,1-3H3,(H,20,21,22). The first kappa shape index (κ1) is 18.4. The molecule has 0 unspecified atom stereocenters. The Kier molecular flexibility index (Phi) is 4.32. The molecule has 2 aromatic heterocycles. The van der Waals surface area contributed by atoms with Gasteiger partial charge in [-0.1, -0.05) is 13.8 Å². The zero-order valence-electron chi connectivity index (χ0n) is 16.3. The molecule has 0 saturated carbocycles. The van der Waals surface area contributed by atoms with Gasteiger partial charge in [0.15, 0.2) is 5.65 Å². The summed E-state index contributed by atoms with van der Waals surface area (Å²) in [6.45, 7) is 5.40. The fourth-order valence-electron chi connectivity index (χ4n) is 4.17. The van der Waals surface area contributed by atoms with Crippen LogP contribution in [-0.4, -0.2) is 79.9 Å². The highest BCUT2D eigenvalue weighted by atomic mass is 16.2. The molecule has 1 N–H and O–H groups in total. The third-order valence-corrected chi connectivity index (χ3v) is 5.68. The molecule has 0 atom stereocenters. The van der Waals surface area contributed by atoms with Crippen molar-refractivity contribution in [1.82, 2.24) is 29.9 Å². The molecule has 0 aromatic carbocycles. The molecule has 2 saturated heterocycles. The number of nitrogens with zero attached hydrogens (tertiary/aromatic N) is 5. The average molecular weight is 384 g/mol. The second-order valence-corrected chi connectivity index (χ2v) is 7.98. The zero-order chi connectivity index (χ0) is 20.1. The Morgan fingerprint density at radius 3 is 2.64 bits per heavy atom. The van der Waals surface area contributed by atoms with Crippen molar-refractivity contribution in [2.45, 2.75) is 32.2 Å². The molecule has 2 fully saturated rings. The summed E-state index contributed by atoms with van der Waals surface area (Å²) in [7, 11) is 1.54. The molecular formula is C19H24N6O3. The summed E-state index contributed by atoms with van der Waals surface area (Å²) >= 11 is 0. The van der Waals surface area contributed by atoms with E-state index in [-0.39, 0.29) is 23.8 Å². The molecule has 4 rings (SSSR count). The summed E-state index contributed by atoms with van der Waals surface area (Å²) in [5.41, 5.74) is 0.0755. The summed E-state index contributed by atoms with van der Waals surface area (Å²) < 4.78 is 0. The Bertz CT molecular complexity index is 944. The number of aromatic amines is 1. The van der Waals surface area contributed by atoms with Crippen LogP contribution < -0.4 is 0 Å². The maximum Gasteiger partial charge on any atom is 0.327 e. The van der Waals surface area contributed by atoms with Crippen molar-refractivity contribution in [2.24, 2.45) is 5.92 Å². The van der Waals surface area contributed by atoms with E-state index < -0.39 is 5.54 Å². The first-order chi connectivity index (χ1) is 13.3. The third kappa shape index (κ3) is 2.73. The lowest BCUT2D eigenvalue weighted by molar-refractivity contribution is -0.134. The van der Waals surface area contributed by atoms with Gasteiger partial charge in [-0.15, -0.1) is 0 Å². The number of likely N-dealkylation sites (tertiary alicyclic amines) is 1. The minimum absolute atomic E-state index is 0.165. The lowest BCUT2D eigenvalue weighted by Gasteiger charge is -2.42. The van der Waals surface area contributed by atoms with Crippen molar-refractivity contribution in [2.75, 3.05) is 26.7 Å². The van der Waals surface area contributed by atoms with Gasteiger partial charge in [-0.2, -0.15) is 5.10 Å². The topological polar surface area (TPSA) is 103 Å². The molecule has 9 heteroatoms. The van der Waals surface area contributed by atoms with Gasteiger partial charge in [-0.25, -0.2) is 9.78 Å². The number of carbonyl (C=O) groups excluding carboxylic acids is 3. The van der Waals surface area contributed by atoms with E-state index in [4.69, 9.17) is 0 Å². The second-order valence-electron chi connectivity index (χ2n) is 7.98. The highest BCUT2D eigenvalue weighted by molar-refractivity contribution is 6.07. The number of aromatic nitrogens is 3. The lowest BCUT2D eigenvalue weighted by Crippen LogP contribution is -2.58. The van der Waals surface area contributed by atoms with E-state index in [2.05, 4.69) is 15.2 Å². The SMILES string of the molecule is CC(C)CN1C(=O)N(C)C(=O)C12CCN(C(=O)c1ccc3cn[nH]c3n1)CC2. The van der Waals surface area contributed by atoms with Gasteiger partial charge < -0.3 is 9.80 Å². The van der Waals surface area contributed by atoms with Gasteiger partial charge in [0.25, 0.3) is 11.8 Å². The molecular weight excluding hydrogens is 360 g/mol. The number of urea groups is 1. The average Bonchev–Trinajstić information content (AvgIpc) is 3.22. The molecule has 0 bridgehead atoms. The van der Waals surface area contributed by atoms with Crippen LogP contribution in [0.15, 0.2) is 18.3 Å². The van der Waals surface area contributed by atoms with Crippen molar-refractivity contribution in [3.8, 4) is 0 Å². The summed E-state index contributed by atoms with van der Waals surface area (Å²) in [4.78, 5) is 47.3. The fraction of sp³-hybridized carbons (Fsp3) is 0.526. The molecule has 2 aliphatic rings. The van der Waals surface area contributed by atoms with Gasteiger partial charge in [-0.05, 0) is 30.9 Å². The van der Waals surface area contributed by atoms with Crippen LogP contribution in [0.5, 0.6) is 0 Å². The summed E-state index contributed by atoms with van der Waals surface area (Å²) in [5, 5.41) is 7.54. The van der Waals surface area contributed by atoms with Gasteiger partial charge in [0.1, 0.15) is 11.2 Å². The first-order valence-corrected chi connectivity index (χ1v) is 9.52. The maximum atomic E-state index is 12.9. The normalized spacial score (nSPS) is 19.5. The minimum atomic E-state index is -0.840. The van der Waals surface area contributed by atoms with Gasteiger partial charge in [0.2, 0.25) is 0 Å².